The number of esters is 1. The fourth-order valence-electron chi connectivity index (χ4n) is 0.403. The first kappa shape index (κ1) is 10.8. The second-order valence-corrected chi connectivity index (χ2v) is 2.48. The molecule has 12 heavy (non-hydrogen) atoms. The maximum absolute atomic E-state index is 9.82. The van der Waals surface area contributed by atoms with E-state index in [1.165, 1.54) is 0 Å². The molecule has 66 valence electrons. The fraction of sp³-hybridized carbons (Fsp3) is 0.250. The highest BCUT2D eigenvalue weighted by molar-refractivity contribution is 7.07. The lowest BCUT2D eigenvalue weighted by Crippen LogP contribution is -2.03. The van der Waals surface area contributed by atoms with E-state index in [-0.39, 0.29) is 12.9 Å². The lowest BCUT2D eigenvalue weighted by atomic mass is 10.7. The fourth-order valence-corrected chi connectivity index (χ4v) is 0.857. The molecule has 0 unspecified atom stereocenters. The van der Waals surface area contributed by atoms with Crippen LogP contribution in [0.3, 0.4) is 0 Å². The van der Waals surface area contributed by atoms with Crippen LogP contribution in [0.1, 0.15) is 6.92 Å². The summed E-state index contributed by atoms with van der Waals surface area (Å²) in [7, 11) is 0. The SMILES string of the molecule is CCOC(=O)C=O.c1ccsc1. The van der Waals surface area contributed by atoms with E-state index >= 15 is 0 Å². The summed E-state index contributed by atoms with van der Waals surface area (Å²) in [5, 5.41) is 4.08. The Bertz CT molecular complexity index is 189. The van der Waals surface area contributed by atoms with Crippen LogP contribution >= 0.6 is 11.3 Å². The van der Waals surface area contributed by atoms with Gasteiger partial charge in [0, 0.05) is 0 Å². The number of carbonyl (C=O) groups excluding carboxylic acids is 2. The van der Waals surface area contributed by atoms with Gasteiger partial charge >= 0.3 is 5.97 Å². The second kappa shape index (κ2) is 7.94. The van der Waals surface area contributed by atoms with Gasteiger partial charge in [-0.25, -0.2) is 4.79 Å². The second-order valence-electron chi connectivity index (χ2n) is 1.66. The highest BCUT2D eigenvalue weighted by Gasteiger charge is 1.91. The molecule has 1 aromatic heterocycles. The predicted molar refractivity (Wildman–Crippen MR) is 47.0 cm³/mol. The Labute approximate surface area is 75.0 Å². The number of hydrogen-bond acceptors (Lipinski definition) is 4. The smallest absolute Gasteiger partial charge is 0.371 e. The average Bonchev–Trinajstić information content (AvgIpc) is 2.62. The van der Waals surface area contributed by atoms with Crippen LogP contribution in [-0.2, 0) is 14.3 Å². The molecule has 0 fully saturated rings. The van der Waals surface area contributed by atoms with Gasteiger partial charge in [0.2, 0.25) is 6.29 Å². The van der Waals surface area contributed by atoms with Crippen LogP contribution in [0, 0.1) is 0 Å². The summed E-state index contributed by atoms with van der Waals surface area (Å²) in [5.41, 5.74) is 0. The number of thiophene rings is 1. The van der Waals surface area contributed by atoms with E-state index in [1.807, 2.05) is 22.9 Å². The maximum atomic E-state index is 9.82. The molecule has 1 aromatic rings. The number of carbonyl (C=O) groups is 2. The molecule has 0 N–H and O–H groups in total. The summed E-state index contributed by atoms with van der Waals surface area (Å²) in [5.74, 6) is -0.803. The van der Waals surface area contributed by atoms with Gasteiger partial charge in [-0.05, 0) is 17.7 Å². The normalized spacial score (nSPS) is 7.75. The first-order valence-corrected chi connectivity index (χ1v) is 4.34. The Balaban J connectivity index is 0.000000211. The Morgan fingerprint density at radius 3 is 2.25 bits per heavy atom. The van der Waals surface area contributed by atoms with Crippen LogP contribution in [0.25, 0.3) is 0 Å². The van der Waals surface area contributed by atoms with Crippen LogP contribution in [0.4, 0.5) is 0 Å². The lowest BCUT2D eigenvalue weighted by molar-refractivity contribution is -0.148. The molecule has 0 aliphatic heterocycles. The number of ether oxygens (including phenoxy) is 1. The van der Waals surface area contributed by atoms with Crippen LogP contribution in [0.15, 0.2) is 22.9 Å². The minimum absolute atomic E-state index is 0.142. The molecule has 0 atom stereocenters. The summed E-state index contributed by atoms with van der Waals surface area (Å²) in [6.07, 6.45) is 0.142. The zero-order valence-corrected chi connectivity index (χ0v) is 7.54. The Morgan fingerprint density at radius 1 is 1.50 bits per heavy atom. The molecule has 1 rings (SSSR count). The van der Waals surface area contributed by atoms with E-state index in [1.54, 1.807) is 18.3 Å². The summed E-state index contributed by atoms with van der Waals surface area (Å²) in [6.45, 7) is 1.90. The van der Waals surface area contributed by atoms with Gasteiger partial charge in [-0.2, -0.15) is 11.3 Å². The highest BCUT2D eigenvalue weighted by atomic mass is 32.1. The molecule has 0 spiro atoms. The minimum atomic E-state index is -0.803. The molecule has 3 nitrogen and oxygen atoms in total. The molecule has 4 heteroatoms. The van der Waals surface area contributed by atoms with Crippen molar-refractivity contribution < 1.29 is 14.3 Å². The number of aldehydes is 1. The van der Waals surface area contributed by atoms with E-state index in [0.717, 1.165) is 0 Å². The summed E-state index contributed by atoms with van der Waals surface area (Å²) < 4.78 is 4.18. The summed E-state index contributed by atoms with van der Waals surface area (Å²) in [6, 6.07) is 4.04. The van der Waals surface area contributed by atoms with Gasteiger partial charge in [0.1, 0.15) is 0 Å². The van der Waals surface area contributed by atoms with Crippen molar-refractivity contribution in [3.05, 3.63) is 22.9 Å². The van der Waals surface area contributed by atoms with E-state index in [4.69, 9.17) is 0 Å². The minimum Gasteiger partial charge on any atom is -0.460 e. The zero-order chi connectivity index (χ0) is 9.23. The Morgan fingerprint density at radius 2 is 2.08 bits per heavy atom. The molecular formula is C8H10O3S. The van der Waals surface area contributed by atoms with Crippen LogP contribution in [0.5, 0.6) is 0 Å². The first-order valence-electron chi connectivity index (χ1n) is 3.40. The van der Waals surface area contributed by atoms with Crippen molar-refractivity contribution in [3.8, 4) is 0 Å². The maximum Gasteiger partial charge on any atom is 0.371 e. The van der Waals surface area contributed by atoms with Gasteiger partial charge < -0.3 is 4.74 Å². The summed E-state index contributed by atoms with van der Waals surface area (Å²) in [4.78, 5) is 19.2. The van der Waals surface area contributed by atoms with Crippen molar-refractivity contribution >= 4 is 23.6 Å². The molecule has 0 radical (unpaired) electrons. The lowest BCUT2D eigenvalue weighted by Gasteiger charge is -1.88. The van der Waals surface area contributed by atoms with E-state index in [9.17, 15) is 9.59 Å². The first-order chi connectivity index (χ1) is 5.81. The number of rotatable bonds is 2. The molecule has 0 amide bonds. The molecule has 0 aliphatic rings. The summed E-state index contributed by atoms with van der Waals surface area (Å²) >= 11 is 1.71. The molecule has 1 heterocycles. The van der Waals surface area contributed by atoms with Gasteiger partial charge in [0.25, 0.3) is 0 Å². The van der Waals surface area contributed by atoms with E-state index < -0.39 is 5.97 Å². The van der Waals surface area contributed by atoms with Gasteiger partial charge in [0.15, 0.2) is 0 Å². The average molecular weight is 186 g/mol. The zero-order valence-electron chi connectivity index (χ0n) is 6.73. The highest BCUT2D eigenvalue weighted by Crippen LogP contribution is 1.91. The van der Waals surface area contributed by atoms with Crippen molar-refractivity contribution in [3.63, 3.8) is 0 Å². The van der Waals surface area contributed by atoms with Gasteiger partial charge in [-0.3, -0.25) is 4.79 Å². The topological polar surface area (TPSA) is 43.4 Å². The van der Waals surface area contributed by atoms with Crippen LogP contribution in [0.2, 0.25) is 0 Å². The van der Waals surface area contributed by atoms with Crippen LogP contribution < -0.4 is 0 Å². The molecule has 0 saturated heterocycles. The third-order valence-electron chi connectivity index (χ3n) is 0.808. The van der Waals surface area contributed by atoms with E-state index in [2.05, 4.69) is 4.74 Å². The predicted octanol–water partition coefficient (Wildman–Crippen LogP) is 1.50. The van der Waals surface area contributed by atoms with Crippen LogP contribution in [-0.4, -0.2) is 18.9 Å². The quantitative estimate of drug-likeness (QED) is 0.399. The van der Waals surface area contributed by atoms with Crippen molar-refractivity contribution in [2.75, 3.05) is 6.61 Å². The third-order valence-corrected chi connectivity index (χ3v) is 1.44. The van der Waals surface area contributed by atoms with Crippen molar-refractivity contribution in [2.24, 2.45) is 0 Å². The molecule has 0 aromatic carbocycles. The Hall–Kier alpha value is -1.16. The molecular weight excluding hydrogens is 176 g/mol. The monoisotopic (exact) mass is 186 g/mol. The van der Waals surface area contributed by atoms with Crippen molar-refractivity contribution in [2.45, 2.75) is 6.92 Å². The molecule has 0 aliphatic carbocycles. The van der Waals surface area contributed by atoms with Gasteiger partial charge in [-0.1, -0.05) is 12.1 Å². The Kier molecular flexibility index (Phi) is 7.17. The van der Waals surface area contributed by atoms with E-state index in [0.29, 0.717) is 0 Å². The van der Waals surface area contributed by atoms with Crippen molar-refractivity contribution in [1.29, 1.82) is 0 Å². The molecule has 0 saturated carbocycles. The third kappa shape index (κ3) is 6.95. The van der Waals surface area contributed by atoms with Gasteiger partial charge in [0.05, 0.1) is 6.61 Å². The number of hydrogen-bond donors (Lipinski definition) is 0. The largest absolute Gasteiger partial charge is 0.460 e. The molecule has 0 bridgehead atoms. The van der Waals surface area contributed by atoms with Crippen molar-refractivity contribution in [1.82, 2.24) is 0 Å². The van der Waals surface area contributed by atoms with Gasteiger partial charge in [-0.15, -0.1) is 0 Å². The standard InChI is InChI=1S/C4H6O3.C4H4S/c1-2-7-4(6)3-5;1-2-4-5-3-1/h3H,2H2,1H3;1-4H.